The molecule has 32 heavy (non-hydrogen) atoms. The van der Waals surface area contributed by atoms with E-state index in [1.54, 1.807) is 16.8 Å². The van der Waals surface area contributed by atoms with Gasteiger partial charge in [-0.1, -0.05) is 39.7 Å². The Morgan fingerprint density at radius 3 is 2.44 bits per heavy atom. The van der Waals surface area contributed by atoms with Crippen LogP contribution < -0.4 is 20.5 Å². The van der Waals surface area contributed by atoms with Crippen molar-refractivity contribution in [1.29, 1.82) is 0 Å². The highest BCUT2D eigenvalue weighted by Gasteiger charge is 2.33. The second-order valence-electron chi connectivity index (χ2n) is 8.32. The average molecular weight is 444 g/mol. The summed E-state index contributed by atoms with van der Waals surface area (Å²) in [5.74, 6) is 2.32. The summed E-state index contributed by atoms with van der Waals surface area (Å²) in [5, 5.41) is 3.50. The van der Waals surface area contributed by atoms with Crippen molar-refractivity contribution >= 4 is 5.91 Å². The molecule has 0 saturated carbocycles. The molecule has 3 rings (SSSR count). The number of nitrogens with two attached hydrogens (primary N) is 1. The highest BCUT2D eigenvalue weighted by Crippen LogP contribution is 2.36. The van der Waals surface area contributed by atoms with Crippen molar-refractivity contribution in [2.45, 2.75) is 52.5 Å². The Hall–Kier alpha value is -2.87. The molecule has 0 aliphatic carbocycles. The first-order chi connectivity index (χ1) is 15.4. The molecule has 0 fully saturated rings. The van der Waals surface area contributed by atoms with E-state index in [4.69, 9.17) is 15.2 Å². The number of carbonyl (C=O) groups excluding carboxylic acids is 1. The van der Waals surface area contributed by atoms with Crippen molar-refractivity contribution in [2.24, 2.45) is 5.73 Å². The van der Waals surface area contributed by atoms with E-state index >= 15 is 0 Å². The van der Waals surface area contributed by atoms with Gasteiger partial charge in [0.05, 0.1) is 6.67 Å². The maximum atomic E-state index is 13.2. The lowest BCUT2D eigenvalue weighted by atomic mass is 10.0. The third-order valence-electron chi connectivity index (χ3n) is 6.15. The summed E-state index contributed by atoms with van der Waals surface area (Å²) in [5.41, 5.74) is 9.16. The van der Waals surface area contributed by atoms with Gasteiger partial charge in [0.1, 0.15) is 17.3 Å². The van der Waals surface area contributed by atoms with Gasteiger partial charge in [0.25, 0.3) is 5.91 Å². The highest BCUT2D eigenvalue weighted by atomic mass is 16.7. The normalized spacial score (nSPS) is 15.8. The van der Waals surface area contributed by atoms with Gasteiger partial charge in [0.15, 0.2) is 11.5 Å². The number of amides is 1. The van der Waals surface area contributed by atoms with Crippen LogP contribution in [0.4, 0.5) is 0 Å². The van der Waals surface area contributed by atoms with Crippen LogP contribution in [0.5, 0.6) is 11.5 Å². The number of aryl methyl sites for hydroxylation is 1. The number of nitrogens with one attached hydrogen (secondary N) is 1. The number of ether oxygens (including phenoxy) is 2. The van der Waals surface area contributed by atoms with Crippen molar-refractivity contribution in [3.05, 3.63) is 47.2 Å². The largest absolute Gasteiger partial charge is 0.454 e. The molecular weight excluding hydrogens is 406 g/mol. The lowest BCUT2D eigenvalue weighted by molar-refractivity contribution is -0.128. The summed E-state index contributed by atoms with van der Waals surface area (Å²) in [6, 6.07) is 4.06. The Kier molecular flexibility index (Phi) is 7.90. The average Bonchev–Trinajstić information content (AvgIpc) is 3.25. The number of fused-ring (bicyclic) bond motifs is 1. The van der Waals surface area contributed by atoms with Crippen LogP contribution in [0.1, 0.15) is 50.7 Å². The molecule has 0 radical (unpaired) electrons. The van der Waals surface area contributed by atoms with Gasteiger partial charge in [-0.2, -0.15) is 0 Å². The zero-order chi connectivity index (χ0) is 23.3. The molecular formula is C24H37N5O3. The molecule has 0 saturated heterocycles. The second kappa shape index (κ2) is 10.6. The Bertz CT molecular complexity index is 883. The molecule has 1 aromatic carbocycles. The molecule has 3 N–H and O–H groups in total. The third kappa shape index (κ3) is 4.96. The molecule has 1 amide bonds. The molecule has 2 heterocycles. The van der Waals surface area contributed by atoms with E-state index in [0.717, 1.165) is 42.0 Å². The van der Waals surface area contributed by atoms with Crippen LogP contribution in [0, 0.1) is 0 Å². The molecule has 2 aliphatic rings. The molecule has 0 bridgehead atoms. The standard InChI is InChI=1S/C24H37N5O3/c1-6-8-9-10-11-26-15-29(22-23(25)27(4)17(3)28(5)24(22)30)14-19-13-21-20(31-16-32-21)12-18(19)7-2/h12-13,26H,3,6-11,14-16,25H2,1-2,4-5H3. The predicted molar refractivity (Wildman–Crippen MR) is 125 cm³/mol. The Labute approximate surface area is 191 Å². The van der Waals surface area contributed by atoms with Crippen LogP contribution >= 0.6 is 0 Å². The fraction of sp³-hybridized carbons (Fsp3) is 0.542. The number of carbonyl (C=O) groups is 1. The summed E-state index contributed by atoms with van der Waals surface area (Å²) in [7, 11) is 3.55. The molecule has 176 valence electrons. The Balaban J connectivity index is 1.88. The molecule has 0 unspecified atom stereocenters. The van der Waals surface area contributed by atoms with Crippen LogP contribution in [-0.2, 0) is 17.8 Å². The third-order valence-corrected chi connectivity index (χ3v) is 6.15. The minimum atomic E-state index is -0.155. The zero-order valence-corrected chi connectivity index (χ0v) is 19.9. The smallest absolute Gasteiger partial charge is 0.279 e. The summed E-state index contributed by atoms with van der Waals surface area (Å²) < 4.78 is 11.2. The highest BCUT2D eigenvalue weighted by molar-refractivity contribution is 5.95. The number of rotatable bonds is 11. The first-order valence-corrected chi connectivity index (χ1v) is 11.5. The first kappa shape index (κ1) is 23.8. The maximum Gasteiger partial charge on any atom is 0.279 e. The van der Waals surface area contributed by atoms with E-state index in [-0.39, 0.29) is 12.7 Å². The van der Waals surface area contributed by atoms with Crippen molar-refractivity contribution in [2.75, 3.05) is 34.1 Å². The fourth-order valence-corrected chi connectivity index (χ4v) is 4.02. The molecule has 2 aliphatic heterocycles. The van der Waals surface area contributed by atoms with Crippen molar-refractivity contribution in [3.8, 4) is 11.5 Å². The Morgan fingerprint density at radius 1 is 1.09 bits per heavy atom. The SMILES string of the molecule is C=C1N(C)C(=O)C(N(CNCCCCCC)Cc2cc3c(cc2CC)OCO3)=C(N)N1C. The van der Waals surface area contributed by atoms with Gasteiger partial charge in [-0.3, -0.25) is 15.0 Å². The zero-order valence-electron chi connectivity index (χ0n) is 19.9. The van der Waals surface area contributed by atoms with Crippen LogP contribution in [0.15, 0.2) is 36.1 Å². The monoisotopic (exact) mass is 443 g/mol. The van der Waals surface area contributed by atoms with Crippen LogP contribution in [0.25, 0.3) is 0 Å². The van der Waals surface area contributed by atoms with Crippen LogP contribution in [-0.4, -0.2) is 54.7 Å². The van der Waals surface area contributed by atoms with Gasteiger partial charge < -0.3 is 25.0 Å². The first-order valence-electron chi connectivity index (χ1n) is 11.5. The molecule has 8 heteroatoms. The predicted octanol–water partition coefficient (Wildman–Crippen LogP) is 2.91. The van der Waals surface area contributed by atoms with Crippen molar-refractivity contribution in [3.63, 3.8) is 0 Å². The summed E-state index contributed by atoms with van der Waals surface area (Å²) in [6.07, 6.45) is 5.59. The van der Waals surface area contributed by atoms with Crippen LogP contribution in [0.2, 0.25) is 0 Å². The quantitative estimate of drug-likeness (QED) is 0.402. The van der Waals surface area contributed by atoms with Gasteiger partial charge in [0, 0.05) is 20.6 Å². The molecule has 8 nitrogen and oxygen atoms in total. The molecule has 0 atom stereocenters. The minimum Gasteiger partial charge on any atom is -0.454 e. The fourth-order valence-electron chi connectivity index (χ4n) is 4.02. The van der Waals surface area contributed by atoms with Gasteiger partial charge in [-0.05, 0) is 42.6 Å². The van der Waals surface area contributed by atoms with Gasteiger partial charge in [-0.15, -0.1) is 0 Å². The van der Waals surface area contributed by atoms with E-state index < -0.39 is 0 Å². The lowest BCUT2D eigenvalue weighted by Crippen LogP contribution is -2.49. The number of benzene rings is 1. The topological polar surface area (TPSA) is 83.3 Å². The summed E-state index contributed by atoms with van der Waals surface area (Å²) in [4.78, 5) is 18.5. The van der Waals surface area contributed by atoms with Gasteiger partial charge >= 0.3 is 0 Å². The Morgan fingerprint density at radius 2 is 1.78 bits per heavy atom. The number of nitrogens with zero attached hydrogens (tertiary/aromatic N) is 3. The van der Waals surface area contributed by atoms with E-state index in [1.165, 1.54) is 19.3 Å². The minimum absolute atomic E-state index is 0.155. The number of hydrogen-bond acceptors (Lipinski definition) is 7. The maximum absolute atomic E-state index is 13.2. The lowest BCUT2D eigenvalue weighted by Gasteiger charge is -2.39. The molecule has 0 spiro atoms. The molecule has 1 aromatic rings. The van der Waals surface area contributed by atoms with Crippen LogP contribution in [0.3, 0.4) is 0 Å². The van der Waals surface area contributed by atoms with Gasteiger partial charge in [-0.25, -0.2) is 0 Å². The molecule has 0 aromatic heterocycles. The number of unbranched alkanes of at least 4 members (excludes halogenated alkanes) is 3. The number of likely N-dealkylation sites (N-methyl/N-ethyl adjacent to an activating group) is 1. The van der Waals surface area contributed by atoms with E-state index in [0.29, 0.717) is 30.6 Å². The summed E-state index contributed by atoms with van der Waals surface area (Å²) in [6.45, 7) is 10.5. The van der Waals surface area contributed by atoms with Crippen molar-refractivity contribution in [1.82, 2.24) is 20.0 Å². The van der Waals surface area contributed by atoms with Gasteiger partial charge in [0.2, 0.25) is 6.79 Å². The van der Waals surface area contributed by atoms with E-state index in [1.807, 2.05) is 24.1 Å². The van der Waals surface area contributed by atoms with E-state index in [9.17, 15) is 4.79 Å². The second-order valence-corrected chi connectivity index (χ2v) is 8.32. The number of hydrogen-bond donors (Lipinski definition) is 2. The van der Waals surface area contributed by atoms with E-state index in [2.05, 4.69) is 25.7 Å². The summed E-state index contributed by atoms with van der Waals surface area (Å²) >= 11 is 0. The van der Waals surface area contributed by atoms with Crippen molar-refractivity contribution < 1.29 is 14.3 Å².